The van der Waals surface area contributed by atoms with Gasteiger partial charge in [0.05, 0.1) is 6.61 Å². The second-order valence-electron chi connectivity index (χ2n) is 2.83. The van der Waals surface area contributed by atoms with Gasteiger partial charge < -0.3 is 10.0 Å². The van der Waals surface area contributed by atoms with Crippen LogP contribution < -0.4 is 5.73 Å². The van der Waals surface area contributed by atoms with Crippen LogP contribution in [-0.2, 0) is 0 Å². The van der Waals surface area contributed by atoms with Crippen molar-refractivity contribution in [3.05, 3.63) is 0 Å². The van der Waals surface area contributed by atoms with Gasteiger partial charge in [-0.2, -0.15) is 0 Å². The van der Waals surface area contributed by atoms with E-state index in [4.69, 9.17) is 10.8 Å². The lowest BCUT2D eigenvalue weighted by Gasteiger charge is -2.32. The van der Waals surface area contributed by atoms with E-state index in [2.05, 4.69) is 4.90 Å². The number of carbonyl (C=O) groups excluding carboxylic acids is 1. The molecule has 1 saturated heterocycles. The van der Waals surface area contributed by atoms with Crippen molar-refractivity contribution >= 4 is 6.03 Å². The lowest BCUT2D eigenvalue weighted by molar-refractivity contribution is 0.125. The van der Waals surface area contributed by atoms with Gasteiger partial charge in [-0.1, -0.05) is 5.73 Å². The molecule has 1 heterocycles. The molecule has 0 saturated carbocycles. The monoisotopic (exact) mass is 171 g/mol. The van der Waals surface area contributed by atoms with Gasteiger partial charge in [-0.05, 0) is 0 Å². The molecule has 0 spiro atoms. The van der Waals surface area contributed by atoms with Gasteiger partial charge >= 0.3 is 6.03 Å². The molecule has 2 radical (unpaired) electrons. The summed E-state index contributed by atoms with van der Waals surface area (Å²) in [6.07, 6.45) is 0. The maximum absolute atomic E-state index is 10.5. The summed E-state index contributed by atoms with van der Waals surface area (Å²) >= 11 is 0. The molecule has 1 rings (SSSR count). The maximum Gasteiger partial charge on any atom is 0.362 e. The molecule has 0 aromatic carbocycles. The van der Waals surface area contributed by atoms with E-state index < -0.39 is 6.03 Å². The average molecular weight is 171 g/mol. The molecule has 12 heavy (non-hydrogen) atoms. The summed E-state index contributed by atoms with van der Waals surface area (Å²) in [5.74, 6) is 0. The van der Waals surface area contributed by atoms with Gasteiger partial charge in [0, 0.05) is 32.7 Å². The number of hydrogen-bond donors (Lipinski definition) is 1. The number of rotatable bonds is 2. The normalized spacial score (nSPS) is 19.6. The number of urea groups is 1. The number of carbonyl (C=O) groups is 1. The fourth-order valence-corrected chi connectivity index (χ4v) is 1.30. The van der Waals surface area contributed by atoms with Crippen LogP contribution in [0, 0.1) is 0 Å². The summed E-state index contributed by atoms with van der Waals surface area (Å²) in [6, 6.07) is -0.848. The number of aliphatic hydroxyl groups excluding tert-OH is 1. The summed E-state index contributed by atoms with van der Waals surface area (Å²) < 4.78 is 0. The third-order valence-electron chi connectivity index (χ3n) is 2.06. The Morgan fingerprint density at radius 2 is 1.92 bits per heavy atom. The molecule has 5 heteroatoms. The third-order valence-corrected chi connectivity index (χ3v) is 2.06. The minimum atomic E-state index is -0.848. The van der Waals surface area contributed by atoms with Crippen molar-refractivity contribution in [2.75, 3.05) is 39.3 Å². The van der Waals surface area contributed by atoms with Crippen molar-refractivity contribution in [1.29, 1.82) is 0 Å². The summed E-state index contributed by atoms with van der Waals surface area (Å²) in [5.41, 5.74) is 8.61. The standard InChI is InChI=1S/C7H13N3O2/c8-7(12)10-3-1-9(2-4-10)5-6-11/h11H,1-6H2. The van der Waals surface area contributed by atoms with E-state index in [0.29, 0.717) is 19.6 Å². The van der Waals surface area contributed by atoms with Crippen LogP contribution in [0.1, 0.15) is 0 Å². The molecule has 0 atom stereocenters. The number of aliphatic hydroxyl groups is 1. The zero-order valence-electron chi connectivity index (χ0n) is 6.94. The molecule has 0 aliphatic carbocycles. The summed E-state index contributed by atoms with van der Waals surface area (Å²) in [6.45, 7) is 3.35. The van der Waals surface area contributed by atoms with Crippen molar-refractivity contribution in [2.45, 2.75) is 0 Å². The van der Waals surface area contributed by atoms with E-state index >= 15 is 0 Å². The van der Waals surface area contributed by atoms with E-state index in [0.717, 1.165) is 13.1 Å². The molecule has 1 aliphatic rings. The van der Waals surface area contributed by atoms with E-state index in [1.807, 2.05) is 0 Å². The second kappa shape index (κ2) is 4.27. The van der Waals surface area contributed by atoms with Gasteiger partial charge in [-0.15, -0.1) is 0 Å². The molecule has 0 aromatic rings. The number of β-amino-alcohol motifs (C(OH)–C–C–N with tert-alkyl or cyclic N) is 1. The van der Waals surface area contributed by atoms with Gasteiger partial charge in [0.1, 0.15) is 0 Å². The third kappa shape index (κ3) is 2.35. The minimum absolute atomic E-state index is 0.146. The van der Waals surface area contributed by atoms with Crippen LogP contribution >= 0.6 is 0 Å². The molecule has 0 aromatic heterocycles. The van der Waals surface area contributed by atoms with Gasteiger partial charge in [0.2, 0.25) is 0 Å². The Hall–Kier alpha value is -0.810. The Bertz CT molecular complexity index is 155. The molecule has 1 fully saturated rings. The molecule has 2 amide bonds. The summed E-state index contributed by atoms with van der Waals surface area (Å²) in [4.78, 5) is 13.9. The first kappa shape index (κ1) is 9.28. The van der Waals surface area contributed by atoms with Crippen LogP contribution in [0.5, 0.6) is 0 Å². The maximum atomic E-state index is 10.5. The van der Waals surface area contributed by atoms with Crippen molar-refractivity contribution in [3.8, 4) is 0 Å². The zero-order valence-corrected chi connectivity index (χ0v) is 6.94. The van der Waals surface area contributed by atoms with Crippen molar-refractivity contribution in [2.24, 2.45) is 0 Å². The lowest BCUT2D eigenvalue weighted by Crippen LogP contribution is -2.49. The van der Waals surface area contributed by atoms with Crippen LogP contribution in [0.4, 0.5) is 4.79 Å². The SMILES string of the molecule is [N]C(=O)N1CCN(CCO)CC1. The second-order valence-corrected chi connectivity index (χ2v) is 2.83. The topological polar surface area (TPSA) is 66.1 Å². The Balaban J connectivity index is 2.25. The summed E-state index contributed by atoms with van der Waals surface area (Å²) in [7, 11) is 0. The first-order chi connectivity index (χ1) is 5.74. The molecular formula is C7H13N3O2. The highest BCUT2D eigenvalue weighted by molar-refractivity contribution is 5.71. The average Bonchev–Trinajstić information content (AvgIpc) is 2.06. The Kier molecular flexibility index (Phi) is 3.31. The molecule has 0 bridgehead atoms. The fourth-order valence-electron chi connectivity index (χ4n) is 1.30. The predicted octanol–water partition coefficient (Wildman–Crippen LogP) is -1.21. The number of nitrogens with zero attached hydrogens (tertiary/aromatic N) is 3. The Morgan fingerprint density at radius 1 is 1.33 bits per heavy atom. The van der Waals surface area contributed by atoms with Crippen molar-refractivity contribution < 1.29 is 9.90 Å². The first-order valence-corrected chi connectivity index (χ1v) is 4.05. The van der Waals surface area contributed by atoms with Gasteiger partial charge in [-0.25, -0.2) is 4.79 Å². The smallest absolute Gasteiger partial charge is 0.362 e. The fraction of sp³-hybridized carbons (Fsp3) is 0.857. The van der Waals surface area contributed by atoms with E-state index in [-0.39, 0.29) is 6.61 Å². The Morgan fingerprint density at radius 3 is 2.33 bits per heavy atom. The highest BCUT2D eigenvalue weighted by Gasteiger charge is 2.19. The highest BCUT2D eigenvalue weighted by atomic mass is 16.3. The summed E-state index contributed by atoms with van der Waals surface area (Å²) in [5, 5.41) is 8.62. The largest absolute Gasteiger partial charge is 0.395 e. The van der Waals surface area contributed by atoms with Crippen molar-refractivity contribution in [3.63, 3.8) is 0 Å². The van der Waals surface area contributed by atoms with Gasteiger partial charge in [0.25, 0.3) is 0 Å². The zero-order chi connectivity index (χ0) is 8.97. The molecule has 5 nitrogen and oxygen atoms in total. The van der Waals surface area contributed by atoms with Crippen molar-refractivity contribution in [1.82, 2.24) is 15.5 Å². The highest BCUT2D eigenvalue weighted by Crippen LogP contribution is 2.00. The van der Waals surface area contributed by atoms with Crippen LogP contribution in [-0.4, -0.2) is 60.3 Å². The van der Waals surface area contributed by atoms with Crippen LogP contribution in [0.15, 0.2) is 0 Å². The molecule has 1 aliphatic heterocycles. The number of amides is 2. The predicted molar refractivity (Wildman–Crippen MR) is 42.6 cm³/mol. The van der Waals surface area contributed by atoms with Crippen LogP contribution in [0.2, 0.25) is 0 Å². The molecule has 0 unspecified atom stereocenters. The molecule has 1 N–H and O–H groups in total. The Labute approximate surface area is 71.7 Å². The minimum Gasteiger partial charge on any atom is -0.395 e. The van der Waals surface area contributed by atoms with E-state index in [9.17, 15) is 4.79 Å². The number of hydrogen-bond acceptors (Lipinski definition) is 3. The van der Waals surface area contributed by atoms with Gasteiger partial charge in [-0.3, -0.25) is 4.90 Å². The lowest BCUT2D eigenvalue weighted by atomic mass is 10.3. The van der Waals surface area contributed by atoms with Gasteiger partial charge in [0.15, 0.2) is 0 Å². The van der Waals surface area contributed by atoms with E-state index in [1.54, 1.807) is 0 Å². The molecule has 68 valence electrons. The van der Waals surface area contributed by atoms with Crippen LogP contribution in [0.25, 0.3) is 0 Å². The van der Waals surface area contributed by atoms with E-state index in [1.165, 1.54) is 4.90 Å². The number of piperazine rings is 1. The van der Waals surface area contributed by atoms with Crippen LogP contribution in [0.3, 0.4) is 0 Å². The quantitative estimate of drug-likeness (QED) is 0.566. The first-order valence-electron chi connectivity index (χ1n) is 4.05. The molecular weight excluding hydrogens is 158 g/mol.